The van der Waals surface area contributed by atoms with Gasteiger partial charge in [-0.1, -0.05) is 5.16 Å². The van der Waals surface area contributed by atoms with Gasteiger partial charge in [0, 0.05) is 30.8 Å². The van der Waals surface area contributed by atoms with Crippen LogP contribution in [-0.2, 0) is 13.0 Å². The monoisotopic (exact) mass is 247 g/mol. The number of imidazole rings is 1. The minimum Gasteiger partial charge on any atom is -0.340 e. The van der Waals surface area contributed by atoms with Crippen molar-refractivity contribution < 1.29 is 4.52 Å². The van der Waals surface area contributed by atoms with Crippen LogP contribution in [0.15, 0.2) is 23.4 Å². The molecule has 1 saturated heterocycles. The van der Waals surface area contributed by atoms with Crippen molar-refractivity contribution in [3.05, 3.63) is 30.4 Å². The van der Waals surface area contributed by atoms with Crippen LogP contribution >= 0.6 is 0 Å². The first-order chi connectivity index (χ1) is 8.93. The normalized spacial score (nSPS) is 17.1. The highest BCUT2D eigenvalue weighted by molar-refractivity contribution is 5.08. The Bertz CT molecular complexity index is 472. The van der Waals surface area contributed by atoms with Crippen molar-refractivity contribution in [3.63, 3.8) is 0 Å². The highest BCUT2D eigenvalue weighted by atomic mass is 16.5. The van der Waals surface area contributed by atoms with Crippen molar-refractivity contribution >= 4 is 0 Å². The quantitative estimate of drug-likeness (QED) is 0.872. The zero-order valence-corrected chi connectivity index (χ0v) is 10.2. The Morgan fingerprint density at radius 1 is 1.39 bits per heavy atom. The zero-order chi connectivity index (χ0) is 12.2. The van der Waals surface area contributed by atoms with Crippen molar-refractivity contribution in [2.75, 3.05) is 13.1 Å². The fraction of sp³-hybridized carbons (Fsp3) is 0.583. The van der Waals surface area contributed by atoms with Gasteiger partial charge in [-0.05, 0) is 25.9 Å². The first kappa shape index (κ1) is 11.4. The summed E-state index contributed by atoms with van der Waals surface area (Å²) >= 11 is 0. The Hall–Kier alpha value is -1.69. The second-order valence-corrected chi connectivity index (χ2v) is 4.62. The Labute approximate surface area is 105 Å². The summed E-state index contributed by atoms with van der Waals surface area (Å²) in [6.45, 7) is 3.04. The molecular formula is C12H17N5O. The van der Waals surface area contributed by atoms with E-state index in [0.717, 1.165) is 26.1 Å². The summed E-state index contributed by atoms with van der Waals surface area (Å²) < 4.78 is 7.22. The highest BCUT2D eigenvalue weighted by Crippen LogP contribution is 2.24. The lowest BCUT2D eigenvalue weighted by Crippen LogP contribution is -2.27. The van der Waals surface area contributed by atoms with Crippen molar-refractivity contribution in [1.82, 2.24) is 25.0 Å². The number of aromatic nitrogens is 4. The lowest BCUT2D eigenvalue weighted by atomic mass is 9.95. The molecule has 3 rings (SSSR count). The predicted molar refractivity (Wildman–Crippen MR) is 65.1 cm³/mol. The SMILES string of the molecule is c1noc(CCn2cncc2C2CCNCC2)n1. The van der Waals surface area contributed by atoms with E-state index in [2.05, 4.69) is 25.0 Å². The first-order valence-electron chi connectivity index (χ1n) is 6.40. The topological polar surface area (TPSA) is 68.8 Å². The lowest BCUT2D eigenvalue weighted by molar-refractivity contribution is 0.367. The van der Waals surface area contributed by atoms with Crippen LogP contribution in [-0.4, -0.2) is 32.8 Å². The molecular weight excluding hydrogens is 230 g/mol. The highest BCUT2D eigenvalue weighted by Gasteiger charge is 2.18. The molecule has 96 valence electrons. The van der Waals surface area contributed by atoms with Gasteiger partial charge in [-0.25, -0.2) is 4.98 Å². The third kappa shape index (κ3) is 2.43. The van der Waals surface area contributed by atoms with Crippen molar-refractivity contribution in [1.29, 1.82) is 0 Å². The maximum absolute atomic E-state index is 5.01. The van der Waals surface area contributed by atoms with Crippen LogP contribution in [0.4, 0.5) is 0 Å². The van der Waals surface area contributed by atoms with E-state index in [4.69, 9.17) is 4.52 Å². The Kier molecular flexibility index (Phi) is 3.36. The molecule has 0 saturated carbocycles. The largest absolute Gasteiger partial charge is 0.340 e. The minimum absolute atomic E-state index is 0.622. The summed E-state index contributed by atoms with van der Waals surface area (Å²) in [6, 6.07) is 0. The van der Waals surface area contributed by atoms with Crippen LogP contribution in [0.25, 0.3) is 0 Å². The van der Waals surface area contributed by atoms with Crippen LogP contribution in [0.1, 0.15) is 30.3 Å². The van der Waals surface area contributed by atoms with Gasteiger partial charge in [-0.3, -0.25) is 0 Å². The van der Waals surface area contributed by atoms with Gasteiger partial charge in [-0.2, -0.15) is 4.98 Å². The number of rotatable bonds is 4. The fourth-order valence-electron chi connectivity index (χ4n) is 2.50. The molecule has 3 heterocycles. The van der Waals surface area contributed by atoms with E-state index in [-0.39, 0.29) is 0 Å². The minimum atomic E-state index is 0.622. The van der Waals surface area contributed by atoms with E-state index in [1.165, 1.54) is 24.9 Å². The van der Waals surface area contributed by atoms with E-state index >= 15 is 0 Å². The van der Waals surface area contributed by atoms with E-state index in [1.807, 2.05) is 12.5 Å². The molecule has 0 amide bonds. The van der Waals surface area contributed by atoms with Crippen LogP contribution < -0.4 is 5.32 Å². The molecule has 1 aliphatic rings. The Morgan fingerprint density at radius 3 is 3.06 bits per heavy atom. The summed E-state index contributed by atoms with van der Waals surface area (Å²) in [6.07, 6.45) is 8.46. The number of nitrogens with one attached hydrogen (secondary N) is 1. The van der Waals surface area contributed by atoms with Crippen LogP contribution in [0.5, 0.6) is 0 Å². The molecule has 18 heavy (non-hydrogen) atoms. The average molecular weight is 247 g/mol. The molecule has 2 aromatic heterocycles. The molecule has 0 unspecified atom stereocenters. The van der Waals surface area contributed by atoms with Crippen molar-refractivity contribution in [3.8, 4) is 0 Å². The summed E-state index contributed by atoms with van der Waals surface area (Å²) in [5.41, 5.74) is 1.33. The molecule has 1 fully saturated rings. The summed E-state index contributed by atoms with van der Waals surface area (Å²) in [7, 11) is 0. The smallest absolute Gasteiger partial charge is 0.228 e. The summed E-state index contributed by atoms with van der Waals surface area (Å²) in [5.74, 6) is 1.30. The number of nitrogens with zero attached hydrogens (tertiary/aromatic N) is 4. The van der Waals surface area contributed by atoms with E-state index < -0.39 is 0 Å². The molecule has 2 aromatic rings. The number of hydrogen-bond donors (Lipinski definition) is 1. The fourth-order valence-corrected chi connectivity index (χ4v) is 2.50. The van der Waals surface area contributed by atoms with Crippen LogP contribution in [0, 0.1) is 0 Å². The van der Waals surface area contributed by atoms with Gasteiger partial charge < -0.3 is 14.4 Å². The van der Waals surface area contributed by atoms with E-state index in [9.17, 15) is 0 Å². The molecule has 0 radical (unpaired) electrons. The van der Waals surface area contributed by atoms with Crippen LogP contribution in [0.2, 0.25) is 0 Å². The van der Waals surface area contributed by atoms with Crippen molar-refractivity contribution in [2.24, 2.45) is 0 Å². The van der Waals surface area contributed by atoms with Crippen molar-refractivity contribution in [2.45, 2.75) is 31.7 Å². The molecule has 0 aliphatic carbocycles. The third-order valence-electron chi connectivity index (χ3n) is 3.48. The molecule has 6 nitrogen and oxygen atoms in total. The molecule has 0 bridgehead atoms. The second-order valence-electron chi connectivity index (χ2n) is 4.62. The van der Waals surface area contributed by atoms with E-state index in [1.54, 1.807) is 0 Å². The number of piperidine rings is 1. The van der Waals surface area contributed by atoms with Gasteiger partial charge in [0.05, 0.1) is 6.33 Å². The molecule has 1 N–H and O–H groups in total. The summed E-state index contributed by atoms with van der Waals surface area (Å²) in [4.78, 5) is 8.31. The van der Waals surface area contributed by atoms with Gasteiger partial charge in [0.1, 0.15) is 0 Å². The molecule has 0 spiro atoms. The maximum Gasteiger partial charge on any atom is 0.228 e. The standard InChI is InChI=1S/C12H17N5O/c1-4-13-5-2-10(1)11-7-14-9-17(11)6-3-12-15-8-16-18-12/h7-10,13H,1-6H2. The summed E-state index contributed by atoms with van der Waals surface area (Å²) in [5, 5.41) is 7.00. The number of aryl methyl sites for hydroxylation is 2. The molecule has 0 aromatic carbocycles. The third-order valence-corrected chi connectivity index (χ3v) is 3.48. The van der Waals surface area contributed by atoms with Gasteiger partial charge in [-0.15, -0.1) is 0 Å². The molecule has 0 atom stereocenters. The zero-order valence-electron chi connectivity index (χ0n) is 10.2. The Balaban J connectivity index is 1.67. The molecule has 6 heteroatoms. The second kappa shape index (κ2) is 5.30. The predicted octanol–water partition coefficient (Wildman–Crippen LogP) is 0.976. The lowest BCUT2D eigenvalue weighted by Gasteiger charge is -2.23. The maximum atomic E-state index is 5.01. The molecule has 1 aliphatic heterocycles. The average Bonchev–Trinajstić information content (AvgIpc) is 3.09. The van der Waals surface area contributed by atoms with Crippen LogP contribution in [0.3, 0.4) is 0 Å². The van der Waals surface area contributed by atoms with Gasteiger partial charge in [0.15, 0.2) is 6.33 Å². The number of hydrogen-bond acceptors (Lipinski definition) is 5. The van der Waals surface area contributed by atoms with Gasteiger partial charge >= 0.3 is 0 Å². The van der Waals surface area contributed by atoms with Gasteiger partial charge in [0.2, 0.25) is 5.89 Å². The van der Waals surface area contributed by atoms with Gasteiger partial charge in [0.25, 0.3) is 0 Å². The Morgan fingerprint density at radius 2 is 2.28 bits per heavy atom. The first-order valence-corrected chi connectivity index (χ1v) is 6.40. The van der Waals surface area contributed by atoms with E-state index in [0.29, 0.717) is 11.8 Å².